The van der Waals surface area contributed by atoms with Crippen molar-refractivity contribution in [3.05, 3.63) is 23.3 Å². The van der Waals surface area contributed by atoms with Crippen LogP contribution in [0.2, 0.25) is 0 Å². The van der Waals surface area contributed by atoms with Crippen LogP contribution in [0.3, 0.4) is 0 Å². The molecule has 1 aliphatic carbocycles. The molecule has 79 valence electrons. The molecule has 0 aliphatic heterocycles. The smallest absolute Gasteiger partial charge is 0.341 e. The molecule has 1 N–H and O–H groups in total. The molecule has 0 unspecified atom stereocenters. The first-order valence-corrected chi connectivity index (χ1v) is 4.85. The Balaban J connectivity index is 2.25. The molecule has 0 bridgehead atoms. The lowest BCUT2D eigenvalue weighted by Crippen LogP contribution is -2.10. The first kappa shape index (κ1) is 9.83. The molecule has 4 heteroatoms. The Morgan fingerprint density at radius 3 is 2.80 bits per heavy atom. The molecule has 0 spiro atoms. The van der Waals surface area contributed by atoms with Crippen LogP contribution in [-0.2, 0) is 22.7 Å². The zero-order valence-electron chi connectivity index (χ0n) is 8.16. The van der Waals surface area contributed by atoms with Gasteiger partial charge in [0.05, 0.1) is 0 Å². The van der Waals surface area contributed by atoms with Gasteiger partial charge < -0.3 is 9.84 Å². The van der Waals surface area contributed by atoms with E-state index in [4.69, 9.17) is 9.84 Å². The summed E-state index contributed by atoms with van der Waals surface area (Å²) < 4.78 is 5.13. The summed E-state index contributed by atoms with van der Waals surface area (Å²) in [7, 11) is 0. The number of rotatable bonds is 3. The Morgan fingerprint density at radius 1 is 1.33 bits per heavy atom. The number of hydrogen-bond acceptors (Lipinski definition) is 2. The van der Waals surface area contributed by atoms with Crippen LogP contribution in [0.5, 0.6) is 11.5 Å². The van der Waals surface area contributed by atoms with Crippen LogP contribution in [0.1, 0.15) is 17.5 Å². The number of aliphatic carboxylic acids is 1. The summed E-state index contributed by atoms with van der Waals surface area (Å²) in [5.41, 5.74) is 1.68. The van der Waals surface area contributed by atoms with Gasteiger partial charge in [-0.2, -0.15) is 0 Å². The molecule has 0 atom stereocenters. The summed E-state index contributed by atoms with van der Waals surface area (Å²) in [4.78, 5) is 10.4. The quantitative estimate of drug-likeness (QED) is 0.821. The van der Waals surface area contributed by atoms with Crippen LogP contribution >= 0.6 is 0 Å². The molecular weight excluding hydrogens is 196 g/mol. The maximum atomic E-state index is 11.4. The average molecular weight is 207 g/mol. The zero-order chi connectivity index (χ0) is 10.8. The van der Waals surface area contributed by atoms with E-state index in [1.165, 1.54) is 6.07 Å². The number of ether oxygens (including phenoxy) is 1. The second kappa shape index (κ2) is 3.81. The maximum Gasteiger partial charge on any atom is 0.341 e. The third-order valence-corrected chi connectivity index (χ3v) is 2.55. The summed E-state index contributed by atoms with van der Waals surface area (Å²) >= 11 is 0. The number of fused-ring (bicyclic) bond motifs is 1. The third-order valence-electron chi connectivity index (χ3n) is 2.55. The zero-order valence-corrected chi connectivity index (χ0v) is 8.16. The van der Waals surface area contributed by atoms with Gasteiger partial charge in [0.1, 0.15) is 5.75 Å². The first-order valence-electron chi connectivity index (χ1n) is 4.85. The van der Waals surface area contributed by atoms with Gasteiger partial charge in [-0.25, -0.2) is 4.79 Å². The predicted octanol–water partition coefficient (Wildman–Crippen LogP) is 1.78. The van der Waals surface area contributed by atoms with Crippen molar-refractivity contribution < 1.29 is 19.7 Å². The summed E-state index contributed by atoms with van der Waals surface area (Å²) in [6.45, 7) is -0.357. The Bertz CT molecular complexity index is 398. The van der Waals surface area contributed by atoms with Crippen LogP contribution in [0.15, 0.2) is 12.1 Å². The highest BCUT2D eigenvalue weighted by atomic mass is 16.5. The number of carboxylic acid groups (broad SMARTS) is 1. The SMILES string of the molecule is [O]c1ccc(OCC(=O)O)c2c1CCC2. The van der Waals surface area contributed by atoms with Crippen molar-refractivity contribution in [3.8, 4) is 11.5 Å². The molecule has 4 nitrogen and oxygen atoms in total. The predicted molar refractivity (Wildman–Crippen MR) is 51.7 cm³/mol. The van der Waals surface area contributed by atoms with E-state index in [9.17, 15) is 9.90 Å². The maximum absolute atomic E-state index is 11.4. The van der Waals surface area contributed by atoms with Crippen molar-refractivity contribution in [3.63, 3.8) is 0 Å². The lowest BCUT2D eigenvalue weighted by Gasteiger charge is -2.08. The molecule has 2 rings (SSSR count). The van der Waals surface area contributed by atoms with Crippen molar-refractivity contribution in [1.82, 2.24) is 0 Å². The minimum atomic E-state index is -1.01. The Morgan fingerprint density at radius 2 is 2.07 bits per heavy atom. The largest absolute Gasteiger partial charge is 0.482 e. The van der Waals surface area contributed by atoms with Crippen LogP contribution in [-0.4, -0.2) is 17.7 Å². The van der Waals surface area contributed by atoms with Gasteiger partial charge in [-0.05, 0) is 31.4 Å². The van der Waals surface area contributed by atoms with Gasteiger partial charge in [-0.3, -0.25) is 5.11 Å². The first-order chi connectivity index (χ1) is 7.18. The van der Waals surface area contributed by atoms with Gasteiger partial charge in [-0.15, -0.1) is 0 Å². The van der Waals surface area contributed by atoms with Gasteiger partial charge >= 0.3 is 5.97 Å². The van der Waals surface area contributed by atoms with Crippen molar-refractivity contribution in [2.75, 3.05) is 6.61 Å². The van der Waals surface area contributed by atoms with Crippen molar-refractivity contribution in [1.29, 1.82) is 0 Å². The molecule has 1 aromatic rings. The minimum absolute atomic E-state index is 0.0326. The standard InChI is InChI=1S/C11H11O4/c12-9-4-5-10(15-6-11(13)14)8-3-1-2-7(8)9/h4-5H,1-3,6H2,(H,13,14). The van der Waals surface area contributed by atoms with Gasteiger partial charge in [0.2, 0.25) is 0 Å². The van der Waals surface area contributed by atoms with E-state index in [1.807, 2.05) is 0 Å². The molecule has 1 radical (unpaired) electrons. The molecule has 1 aromatic carbocycles. The summed E-state index contributed by atoms with van der Waals surface area (Å²) in [6.07, 6.45) is 2.52. The van der Waals surface area contributed by atoms with E-state index < -0.39 is 5.97 Å². The fourth-order valence-corrected chi connectivity index (χ4v) is 1.91. The summed E-state index contributed by atoms with van der Waals surface area (Å²) in [5, 5.41) is 19.9. The molecule has 0 saturated heterocycles. The minimum Gasteiger partial charge on any atom is -0.482 e. The van der Waals surface area contributed by atoms with Crippen LogP contribution in [0, 0.1) is 0 Å². The molecule has 0 fully saturated rings. The van der Waals surface area contributed by atoms with E-state index in [0.717, 1.165) is 30.4 Å². The molecule has 0 saturated carbocycles. The number of hydrogen-bond donors (Lipinski definition) is 1. The average Bonchev–Trinajstić information content (AvgIpc) is 2.66. The Hall–Kier alpha value is -1.71. The van der Waals surface area contributed by atoms with Gasteiger partial charge in [0.15, 0.2) is 12.4 Å². The van der Waals surface area contributed by atoms with Crippen LogP contribution in [0.25, 0.3) is 0 Å². The highest BCUT2D eigenvalue weighted by molar-refractivity contribution is 5.68. The number of carbonyl (C=O) groups is 1. The highest BCUT2D eigenvalue weighted by Crippen LogP contribution is 2.36. The van der Waals surface area contributed by atoms with E-state index >= 15 is 0 Å². The summed E-state index contributed by atoms with van der Waals surface area (Å²) in [6, 6.07) is 3.01. The van der Waals surface area contributed by atoms with E-state index in [1.54, 1.807) is 6.07 Å². The second-order valence-corrected chi connectivity index (χ2v) is 3.55. The van der Waals surface area contributed by atoms with E-state index in [2.05, 4.69) is 0 Å². The van der Waals surface area contributed by atoms with E-state index in [-0.39, 0.29) is 12.4 Å². The molecule has 0 heterocycles. The van der Waals surface area contributed by atoms with E-state index in [0.29, 0.717) is 5.75 Å². The lowest BCUT2D eigenvalue weighted by molar-refractivity contribution is -0.139. The number of benzene rings is 1. The molecule has 0 amide bonds. The fraction of sp³-hybridized carbons (Fsp3) is 0.364. The van der Waals surface area contributed by atoms with Crippen LogP contribution in [0.4, 0.5) is 0 Å². The lowest BCUT2D eigenvalue weighted by atomic mass is 10.1. The number of carboxylic acids is 1. The fourth-order valence-electron chi connectivity index (χ4n) is 1.91. The Labute approximate surface area is 87.1 Å². The summed E-state index contributed by atoms with van der Waals surface area (Å²) in [5.74, 6) is -0.428. The Kier molecular flexibility index (Phi) is 2.49. The normalized spacial score (nSPS) is 13.6. The van der Waals surface area contributed by atoms with Crippen molar-refractivity contribution in [2.45, 2.75) is 19.3 Å². The molecule has 1 aliphatic rings. The molecule has 0 aromatic heterocycles. The van der Waals surface area contributed by atoms with Gasteiger partial charge in [0.25, 0.3) is 0 Å². The topological polar surface area (TPSA) is 66.4 Å². The van der Waals surface area contributed by atoms with Crippen LogP contribution < -0.4 is 4.74 Å². The molecule has 15 heavy (non-hydrogen) atoms. The monoisotopic (exact) mass is 207 g/mol. The third kappa shape index (κ3) is 1.88. The van der Waals surface area contributed by atoms with Crippen molar-refractivity contribution in [2.24, 2.45) is 0 Å². The second-order valence-electron chi connectivity index (χ2n) is 3.55. The van der Waals surface area contributed by atoms with Crippen molar-refractivity contribution >= 4 is 5.97 Å². The van der Waals surface area contributed by atoms with Gasteiger partial charge in [0, 0.05) is 11.1 Å². The highest BCUT2D eigenvalue weighted by Gasteiger charge is 2.20. The van der Waals surface area contributed by atoms with Gasteiger partial charge in [-0.1, -0.05) is 0 Å². The molecular formula is C11H11O4.